The fraction of sp³-hybridized carbons (Fsp3) is 0.400. The highest BCUT2D eigenvalue weighted by molar-refractivity contribution is 5.95. The van der Waals surface area contributed by atoms with E-state index in [4.69, 9.17) is 10.00 Å². The molecular formula is C25H30N4O3. The van der Waals surface area contributed by atoms with Gasteiger partial charge in [0, 0.05) is 51.3 Å². The predicted octanol–water partition coefficient (Wildman–Crippen LogP) is 2.86. The van der Waals surface area contributed by atoms with Crippen molar-refractivity contribution in [2.45, 2.75) is 32.4 Å². The van der Waals surface area contributed by atoms with Gasteiger partial charge < -0.3 is 15.0 Å². The summed E-state index contributed by atoms with van der Waals surface area (Å²) in [6.45, 7) is 5.03. The van der Waals surface area contributed by atoms with E-state index in [-0.39, 0.29) is 31.1 Å². The lowest BCUT2D eigenvalue weighted by Crippen LogP contribution is -2.35. The predicted molar refractivity (Wildman–Crippen MR) is 123 cm³/mol. The fourth-order valence-electron chi connectivity index (χ4n) is 3.67. The van der Waals surface area contributed by atoms with Gasteiger partial charge in [0.2, 0.25) is 11.8 Å². The zero-order chi connectivity index (χ0) is 22.6. The van der Waals surface area contributed by atoms with E-state index >= 15 is 0 Å². The number of para-hydroxylation sites is 1. The largest absolute Gasteiger partial charge is 0.379 e. The van der Waals surface area contributed by atoms with Gasteiger partial charge in [0.15, 0.2) is 0 Å². The van der Waals surface area contributed by atoms with Crippen molar-refractivity contribution in [2.24, 2.45) is 0 Å². The monoisotopic (exact) mass is 434 g/mol. The summed E-state index contributed by atoms with van der Waals surface area (Å²) in [5, 5.41) is 11.8. The third kappa shape index (κ3) is 7.49. The van der Waals surface area contributed by atoms with Crippen molar-refractivity contribution < 1.29 is 14.3 Å². The van der Waals surface area contributed by atoms with Crippen LogP contribution < -0.4 is 10.2 Å². The van der Waals surface area contributed by atoms with Crippen molar-refractivity contribution in [3.63, 3.8) is 0 Å². The SMILES string of the molecule is N#CCCN(C(=O)CCC(=O)NCc1cccc(CN2CCOCC2)c1)c1ccccc1. The Balaban J connectivity index is 1.46. The van der Waals surface area contributed by atoms with Crippen LogP contribution in [0.15, 0.2) is 54.6 Å². The quantitative estimate of drug-likeness (QED) is 0.622. The molecule has 0 bridgehead atoms. The zero-order valence-electron chi connectivity index (χ0n) is 18.3. The van der Waals surface area contributed by atoms with E-state index in [2.05, 4.69) is 28.4 Å². The van der Waals surface area contributed by atoms with Gasteiger partial charge >= 0.3 is 0 Å². The number of rotatable bonds is 10. The Kier molecular flexibility index (Phi) is 9.23. The van der Waals surface area contributed by atoms with E-state index in [1.807, 2.05) is 42.5 Å². The van der Waals surface area contributed by atoms with Crippen molar-refractivity contribution in [1.29, 1.82) is 5.26 Å². The summed E-state index contributed by atoms with van der Waals surface area (Å²) in [4.78, 5) is 29.0. The number of nitriles is 1. The van der Waals surface area contributed by atoms with E-state index in [1.165, 1.54) is 5.56 Å². The number of nitrogens with one attached hydrogen (secondary N) is 1. The highest BCUT2D eigenvalue weighted by atomic mass is 16.5. The summed E-state index contributed by atoms with van der Waals surface area (Å²) in [6.07, 6.45) is 0.457. The first-order valence-electron chi connectivity index (χ1n) is 11.0. The highest BCUT2D eigenvalue weighted by Crippen LogP contribution is 2.16. The summed E-state index contributed by atoms with van der Waals surface area (Å²) in [5.41, 5.74) is 2.99. The zero-order valence-corrected chi connectivity index (χ0v) is 18.3. The third-order valence-electron chi connectivity index (χ3n) is 5.37. The molecule has 7 nitrogen and oxygen atoms in total. The lowest BCUT2D eigenvalue weighted by Gasteiger charge is -2.26. The standard InChI is InChI=1S/C25H30N4O3/c26-12-5-13-29(23-8-2-1-3-9-23)25(31)11-10-24(30)27-19-21-6-4-7-22(18-21)20-28-14-16-32-17-15-28/h1-4,6-9,18H,5,10-11,13-17,19-20H2,(H,27,30). The van der Waals surface area contributed by atoms with E-state index in [0.717, 1.165) is 44.1 Å². The topological polar surface area (TPSA) is 85.7 Å². The molecule has 1 aliphatic rings. The number of carbonyl (C=O) groups excluding carboxylic acids is 2. The molecule has 1 heterocycles. The molecule has 168 valence electrons. The number of hydrogen-bond acceptors (Lipinski definition) is 5. The van der Waals surface area contributed by atoms with Crippen LogP contribution in [-0.4, -0.2) is 49.6 Å². The summed E-state index contributed by atoms with van der Waals surface area (Å²) in [5.74, 6) is -0.320. The Morgan fingerprint density at radius 3 is 2.53 bits per heavy atom. The number of morpholine rings is 1. The van der Waals surface area contributed by atoms with Crippen LogP contribution in [0.1, 0.15) is 30.4 Å². The maximum Gasteiger partial charge on any atom is 0.227 e. The lowest BCUT2D eigenvalue weighted by atomic mass is 10.1. The van der Waals surface area contributed by atoms with Gasteiger partial charge in [-0.2, -0.15) is 5.26 Å². The Hall–Kier alpha value is -3.21. The number of benzene rings is 2. The first-order valence-corrected chi connectivity index (χ1v) is 11.0. The van der Waals surface area contributed by atoms with Gasteiger partial charge in [0.1, 0.15) is 0 Å². The van der Waals surface area contributed by atoms with Gasteiger partial charge in [-0.3, -0.25) is 14.5 Å². The normalized spacial score (nSPS) is 13.8. The minimum atomic E-state index is -0.162. The van der Waals surface area contributed by atoms with E-state index in [0.29, 0.717) is 13.1 Å². The molecule has 2 aromatic rings. The summed E-state index contributed by atoms with van der Waals surface area (Å²) >= 11 is 0. The van der Waals surface area contributed by atoms with Gasteiger partial charge in [0.05, 0.1) is 25.7 Å². The smallest absolute Gasteiger partial charge is 0.227 e. The van der Waals surface area contributed by atoms with E-state index in [9.17, 15) is 9.59 Å². The van der Waals surface area contributed by atoms with Crippen molar-refractivity contribution in [3.05, 3.63) is 65.7 Å². The molecule has 0 atom stereocenters. The van der Waals surface area contributed by atoms with Gasteiger partial charge in [-0.1, -0.05) is 42.5 Å². The number of anilines is 1. The Labute approximate surface area is 189 Å². The molecule has 0 aromatic heterocycles. The maximum absolute atomic E-state index is 12.7. The molecule has 7 heteroatoms. The second-order valence-corrected chi connectivity index (χ2v) is 7.77. The molecule has 1 fully saturated rings. The minimum Gasteiger partial charge on any atom is -0.379 e. The number of amides is 2. The van der Waals surface area contributed by atoms with Gasteiger partial charge in [-0.05, 0) is 23.3 Å². The average Bonchev–Trinajstić information content (AvgIpc) is 2.83. The molecule has 32 heavy (non-hydrogen) atoms. The second-order valence-electron chi connectivity index (χ2n) is 7.77. The van der Waals surface area contributed by atoms with Crippen LogP contribution >= 0.6 is 0 Å². The molecule has 1 N–H and O–H groups in total. The molecule has 0 radical (unpaired) electrons. The molecular weight excluding hydrogens is 404 g/mol. The number of hydrogen-bond donors (Lipinski definition) is 1. The fourth-order valence-corrected chi connectivity index (χ4v) is 3.67. The van der Waals surface area contributed by atoms with Gasteiger partial charge in [-0.15, -0.1) is 0 Å². The molecule has 2 aromatic carbocycles. The highest BCUT2D eigenvalue weighted by Gasteiger charge is 2.17. The van der Waals surface area contributed by atoms with E-state index in [1.54, 1.807) is 4.90 Å². The number of carbonyl (C=O) groups is 2. The van der Waals surface area contributed by atoms with Crippen LogP contribution in [0.2, 0.25) is 0 Å². The first-order chi connectivity index (χ1) is 15.7. The summed E-state index contributed by atoms with van der Waals surface area (Å²) < 4.78 is 5.39. The van der Waals surface area contributed by atoms with Crippen LogP contribution in [-0.2, 0) is 27.4 Å². The Morgan fingerprint density at radius 1 is 1.03 bits per heavy atom. The first kappa shape index (κ1) is 23.5. The molecule has 1 saturated heterocycles. The van der Waals surface area contributed by atoms with Gasteiger partial charge in [-0.25, -0.2) is 0 Å². The molecule has 0 spiro atoms. The molecule has 0 unspecified atom stereocenters. The summed E-state index contributed by atoms with van der Waals surface area (Å²) in [6, 6.07) is 19.5. The molecule has 2 amide bonds. The van der Waals surface area contributed by atoms with Crippen molar-refractivity contribution in [3.8, 4) is 6.07 Å². The molecule has 1 aliphatic heterocycles. The van der Waals surface area contributed by atoms with Crippen molar-refractivity contribution in [1.82, 2.24) is 10.2 Å². The Bertz CT molecular complexity index is 920. The van der Waals surface area contributed by atoms with Crippen molar-refractivity contribution in [2.75, 3.05) is 37.7 Å². The van der Waals surface area contributed by atoms with Gasteiger partial charge in [0.25, 0.3) is 0 Å². The maximum atomic E-state index is 12.7. The number of nitrogens with zero attached hydrogens (tertiary/aromatic N) is 3. The second kappa shape index (κ2) is 12.6. The lowest BCUT2D eigenvalue weighted by molar-refractivity contribution is -0.125. The number of ether oxygens (including phenoxy) is 1. The molecule has 0 saturated carbocycles. The summed E-state index contributed by atoms with van der Waals surface area (Å²) in [7, 11) is 0. The van der Waals surface area contributed by atoms with E-state index < -0.39 is 0 Å². The van der Waals surface area contributed by atoms with Crippen LogP contribution in [0.25, 0.3) is 0 Å². The van der Waals surface area contributed by atoms with Crippen LogP contribution in [0, 0.1) is 11.3 Å². The molecule has 3 rings (SSSR count). The minimum absolute atomic E-state index is 0.100. The third-order valence-corrected chi connectivity index (χ3v) is 5.37. The average molecular weight is 435 g/mol. The van der Waals surface area contributed by atoms with Crippen molar-refractivity contribution >= 4 is 17.5 Å². The Morgan fingerprint density at radius 2 is 1.78 bits per heavy atom. The van der Waals surface area contributed by atoms with Crippen LogP contribution in [0.3, 0.4) is 0 Å². The molecule has 0 aliphatic carbocycles. The van der Waals surface area contributed by atoms with Crippen LogP contribution in [0.5, 0.6) is 0 Å². The van der Waals surface area contributed by atoms with Crippen LogP contribution in [0.4, 0.5) is 5.69 Å².